The maximum Gasteiger partial charge on any atom is 0.243 e. The van der Waals surface area contributed by atoms with Crippen LogP contribution in [0.2, 0.25) is 0 Å². The summed E-state index contributed by atoms with van der Waals surface area (Å²) in [6.07, 6.45) is 6.08. The first kappa shape index (κ1) is 20.0. The van der Waals surface area contributed by atoms with Crippen LogP contribution in [0, 0.1) is 0 Å². The van der Waals surface area contributed by atoms with Crippen molar-refractivity contribution < 1.29 is 31.2 Å². The molecule has 0 N–H and O–H groups in total. The van der Waals surface area contributed by atoms with Crippen LogP contribution in [0.15, 0.2) is 18.7 Å². The Bertz CT molecular complexity index is 474. The van der Waals surface area contributed by atoms with E-state index in [4.69, 9.17) is 9.47 Å². The minimum atomic E-state index is -4.59. The summed E-state index contributed by atoms with van der Waals surface area (Å²) in [7, 11) is -1.04. The van der Waals surface area contributed by atoms with Gasteiger partial charge in [-0.3, -0.25) is 4.18 Å². The van der Waals surface area contributed by atoms with Crippen molar-refractivity contribution in [2.24, 2.45) is 7.05 Å². The number of imidazole rings is 1. The van der Waals surface area contributed by atoms with Crippen molar-refractivity contribution in [3.05, 3.63) is 18.7 Å². The zero-order valence-corrected chi connectivity index (χ0v) is 13.7. The van der Waals surface area contributed by atoms with Crippen LogP contribution in [-0.2, 0) is 37.6 Å². The van der Waals surface area contributed by atoms with Crippen molar-refractivity contribution in [1.82, 2.24) is 4.57 Å². The predicted octanol–water partition coefficient (Wildman–Crippen LogP) is -0.153. The van der Waals surface area contributed by atoms with Gasteiger partial charge in [-0.05, 0) is 13.8 Å². The number of hydrogen-bond donors (Lipinski definition) is 0. The standard InChI is InChI=1S/C6H11N2.C6H14O6S/c1-3-8-5-4-7(2)6-8;1-6(10-2)5-11-3-4-12-13(7,8)9/h4-6H,3H2,1-2H3;6H,3-5H2,1-2H3,(H,7,8,9)/q+1;/p-1. The smallest absolute Gasteiger partial charge is 0.243 e. The fourth-order valence-electron chi connectivity index (χ4n) is 1.20. The van der Waals surface area contributed by atoms with E-state index < -0.39 is 10.4 Å². The molecule has 1 heterocycles. The van der Waals surface area contributed by atoms with Crippen molar-refractivity contribution in [1.29, 1.82) is 0 Å². The van der Waals surface area contributed by atoms with Gasteiger partial charge in [0.05, 0.1) is 39.5 Å². The Kier molecular flexibility index (Phi) is 10.2. The van der Waals surface area contributed by atoms with E-state index in [0.717, 1.165) is 6.54 Å². The van der Waals surface area contributed by atoms with Crippen molar-refractivity contribution >= 4 is 10.4 Å². The third-order valence-electron chi connectivity index (χ3n) is 2.40. The van der Waals surface area contributed by atoms with E-state index in [1.54, 1.807) is 6.92 Å². The Morgan fingerprint density at radius 1 is 1.38 bits per heavy atom. The second kappa shape index (κ2) is 10.7. The predicted molar refractivity (Wildman–Crippen MR) is 74.2 cm³/mol. The van der Waals surface area contributed by atoms with E-state index in [2.05, 4.69) is 28.2 Å². The molecule has 0 aromatic carbocycles. The highest BCUT2D eigenvalue weighted by Gasteiger charge is 1.99. The van der Waals surface area contributed by atoms with E-state index in [1.165, 1.54) is 7.11 Å². The molecule has 21 heavy (non-hydrogen) atoms. The SMILES string of the molecule is CCn1cc[n+](C)c1.COC(C)COCCOS(=O)(=O)[O-]. The summed E-state index contributed by atoms with van der Waals surface area (Å²) in [6.45, 7) is 5.10. The number of rotatable bonds is 8. The van der Waals surface area contributed by atoms with Crippen LogP contribution in [0.25, 0.3) is 0 Å². The maximum atomic E-state index is 9.93. The first-order valence-electron chi connectivity index (χ1n) is 6.50. The fourth-order valence-corrected chi connectivity index (χ4v) is 1.47. The molecule has 1 aromatic rings. The Hall–Kier alpha value is -1.00. The Morgan fingerprint density at radius 2 is 2.05 bits per heavy atom. The van der Waals surface area contributed by atoms with Crippen LogP contribution in [0.3, 0.4) is 0 Å². The number of aromatic nitrogens is 2. The van der Waals surface area contributed by atoms with E-state index in [-0.39, 0.29) is 19.3 Å². The van der Waals surface area contributed by atoms with Gasteiger partial charge in [0.1, 0.15) is 12.4 Å². The molecule has 0 aliphatic rings. The summed E-state index contributed by atoms with van der Waals surface area (Å²) in [6, 6.07) is 0. The lowest BCUT2D eigenvalue weighted by atomic mass is 10.4. The normalized spacial score (nSPS) is 12.6. The third kappa shape index (κ3) is 12.5. The number of ether oxygens (including phenoxy) is 2. The van der Waals surface area contributed by atoms with Crippen molar-refractivity contribution in [3.8, 4) is 0 Å². The highest BCUT2D eigenvalue weighted by atomic mass is 32.3. The van der Waals surface area contributed by atoms with Gasteiger partial charge in [-0.15, -0.1) is 0 Å². The molecular weight excluding hydrogens is 300 g/mol. The molecule has 8 nitrogen and oxygen atoms in total. The average molecular weight is 324 g/mol. The molecule has 0 spiro atoms. The number of methoxy groups -OCH3 is 1. The highest BCUT2D eigenvalue weighted by Crippen LogP contribution is 1.90. The lowest BCUT2D eigenvalue weighted by Crippen LogP contribution is -2.23. The van der Waals surface area contributed by atoms with Crippen LogP contribution < -0.4 is 4.57 Å². The van der Waals surface area contributed by atoms with Gasteiger partial charge in [-0.25, -0.2) is 17.6 Å². The van der Waals surface area contributed by atoms with E-state index >= 15 is 0 Å². The first-order valence-corrected chi connectivity index (χ1v) is 7.83. The summed E-state index contributed by atoms with van der Waals surface area (Å²) >= 11 is 0. The van der Waals surface area contributed by atoms with Gasteiger partial charge in [0.25, 0.3) is 0 Å². The zero-order chi connectivity index (χ0) is 16.3. The van der Waals surface area contributed by atoms with Crippen LogP contribution in [0.1, 0.15) is 13.8 Å². The molecule has 0 fully saturated rings. The lowest BCUT2D eigenvalue weighted by Gasteiger charge is -2.10. The molecule has 0 aliphatic carbocycles. The summed E-state index contributed by atoms with van der Waals surface area (Å²) in [5.74, 6) is 0. The van der Waals surface area contributed by atoms with E-state index in [0.29, 0.717) is 6.61 Å². The van der Waals surface area contributed by atoms with Gasteiger partial charge in [-0.2, -0.15) is 0 Å². The van der Waals surface area contributed by atoms with Gasteiger partial charge in [-0.1, -0.05) is 0 Å². The quantitative estimate of drug-likeness (QED) is 0.286. The molecule has 0 saturated heterocycles. The van der Waals surface area contributed by atoms with Crippen molar-refractivity contribution in [2.45, 2.75) is 26.5 Å². The first-order chi connectivity index (χ1) is 9.78. The summed E-state index contributed by atoms with van der Waals surface area (Å²) in [4.78, 5) is 0. The number of nitrogens with zero attached hydrogens (tertiary/aromatic N) is 2. The second-order valence-corrected chi connectivity index (χ2v) is 5.31. The lowest BCUT2D eigenvalue weighted by molar-refractivity contribution is -0.671. The molecule has 1 atom stereocenters. The van der Waals surface area contributed by atoms with Crippen LogP contribution in [0.5, 0.6) is 0 Å². The molecular formula is C12H24N2O6S. The molecule has 1 unspecified atom stereocenters. The van der Waals surface area contributed by atoms with Gasteiger partial charge in [0, 0.05) is 7.11 Å². The molecule has 0 aliphatic heterocycles. The molecule has 0 saturated carbocycles. The average Bonchev–Trinajstić information content (AvgIpc) is 2.83. The molecule has 9 heteroatoms. The summed E-state index contributed by atoms with van der Waals surface area (Å²) in [5.41, 5.74) is 0. The van der Waals surface area contributed by atoms with Crippen molar-refractivity contribution in [3.63, 3.8) is 0 Å². The summed E-state index contributed by atoms with van der Waals surface area (Å²) in [5, 5.41) is 0. The minimum Gasteiger partial charge on any atom is -0.726 e. The van der Waals surface area contributed by atoms with Crippen LogP contribution in [-0.4, -0.2) is 50.6 Å². The van der Waals surface area contributed by atoms with Gasteiger partial charge >= 0.3 is 0 Å². The van der Waals surface area contributed by atoms with E-state index in [9.17, 15) is 13.0 Å². The molecule has 124 valence electrons. The van der Waals surface area contributed by atoms with E-state index in [1.807, 2.05) is 17.8 Å². The zero-order valence-electron chi connectivity index (χ0n) is 12.9. The molecule has 1 aromatic heterocycles. The van der Waals surface area contributed by atoms with Gasteiger partial charge < -0.3 is 14.0 Å². The number of aryl methyl sites for hydroxylation is 2. The van der Waals surface area contributed by atoms with Gasteiger partial charge in [0.15, 0.2) is 0 Å². The van der Waals surface area contributed by atoms with Gasteiger partial charge in [0.2, 0.25) is 16.7 Å². The Labute approximate surface area is 126 Å². The topological polar surface area (TPSA) is 93.7 Å². The monoisotopic (exact) mass is 324 g/mol. The second-order valence-electron chi connectivity index (χ2n) is 4.26. The molecule has 1 rings (SSSR count). The third-order valence-corrected chi connectivity index (χ3v) is 2.85. The Balaban J connectivity index is 0.000000423. The maximum absolute atomic E-state index is 9.93. The van der Waals surface area contributed by atoms with Crippen LogP contribution >= 0.6 is 0 Å². The summed E-state index contributed by atoms with van der Waals surface area (Å²) < 4.78 is 47.6. The molecule has 0 amide bonds. The fraction of sp³-hybridized carbons (Fsp3) is 0.750. The Morgan fingerprint density at radius 3 is 2.43 bits per heavy atom. The number of hydrogen-bond acceptors (Lipinski definition) is 6. The molecule has 0 bridgehead atoms. The highest BCUT2D eigenvalue weighted by molar-refractivity contribution is 7.80. The van der Waals surface area contributed by atoms with Crippen LogP contribution in [0.4, 0.5) is 0 Å². The molecule has 0 radical (unpaired) electrons. The largest absolute Gasteiger partial charge is 0.726 e. The van der Waals surface area contributed by atoms with Crippen molar-refractivity contribution in [2.75, 3.05) is 26.9 Å². The minimum absolute atomic E-state index is 0.0508.